The van der Waals surface area contributed by atoms with Gasteiger partial charge in [-0.2, -0.15) is 0 Å². The van der Waals surface area contributed by atoms with Crippen molar-refractivity contribution >= 4 is 14.3 Å². The number of ether oxygens (including phenoxy) is 2. The molecule has 1 unspecified atom stereocenters. The van der Waals surface area contributed by atoms with Gasteiger partial charge in [-0.25, -0.2) is 4.79 Å². The van der Waals surface area contributed by atoms with Crippen LogP contribution in [0.15, 0.2) is 55.6 Å². The van der Waals surface area contributed by atoms with Gasteiger partial charge in [0.1, 0.15) is 11.5 Å². The summed E-state index contributed by atoms with van der Waals surface area (Å²) in [7, 11) is -0.712. The molecule has 178 valence electrons. The molecule has 0 amide bonds. The average Bonchev–Trinajstić information content (AvgIpc) is 2.73. The van der Waals surface area contributed by atoms with Crippen molar-refractivity contribution in [1.82, 2.24) is 0 Å². The number of carbonyl (C=O) groups is 1. The Kier molecular flexibility index (Phi) is 8.36. The average molecular weight is 467 g/mol. The second kappa shape index (κ2) is 10.4. The van der Waals surface area contributed by atoms with Crippen molar-refractivity contribution in [1.29, 1.82) is 0 Å². The van der Waals surface area contributed by atoms with Crippen LogP contribution in [0.25, 0.3) is 11.1 Å². The zero-order valence-corrected chi connectivity index (χ0v) is 22.4. The Morgan fingerprint density at radius 2 is 1.73 bits per heavy atom. The topological polar surface area (TPSA) is 44.8 Å². The summed E-state index contributed by atoms with van der Waals surface area (Å²) in [5, 5.41) is -0.0787. The SMILES string of the molecule is C=CCC(C)Oc1ccc(C(=O)OC)cc1-c1c(C)cc(O[Si](C)(C)C(C)(C)C=C)cc1C. The van der Waals surface area contributed by atoms with E-state index in [1.807, 2.05) is 31.2 Å². The third-order valence-corrected chi connectivity index (χ3v) is 10.5. The van der Waals surface area contributed by atoms with Gasteiger partial charge < -0.3 is 13.9 Å². The van der Waals surface area contributed by atoms with E-state index in [9.17, 15) is 4.79 Å². The van der Waals surface area contributed by atoms with Crippen LogP contribution in [-0.2, 0) is 4.74 Å². The van der Waals surface area contributed by atoms with Gasteiger partial charge in [-0.1, -0.05) is 26.0 Å². The van der Waals surface area contributed by atoms with Crippen molar-refractivity contribution in [2.24, 2.45) is 0 Å². The van der Waals surface area contributed by atoms with Gasteiger partial charge >= 0.3 is 5.97 Å². The first-order valence-corrected chi connectivity index (χ1v) is 14.2. The highest BCUT2D eigenvalue weighted by Gasteiger charge is 2.40. The van der Waals surface area contributed by atoms with Gasteiger partial charge in [0.05, 0.1) is 18.8 Å². The highest BCUT2D eigenvalue weighted by atomic mass is 28.4. The maximum Gasteiger partial charge on any atom is 0.337 e. The van der Waals surface area contributed by atoms with E-state index >= 15 is 0 Å². The second-order valence-electron chi connectivity index (χ2n) is 9.63. The lowest BCUT2D eigenvalue weighted by Gasteiger charge is -2.37. The van der Waals surface area contributed by atoms with Gasteiger partial charge in [-0.15, -0.1) is 13.2 Å². The highest BCUT2D eigenvalue weighted by Crippen LogP contribution is 2.42. The summed E-state index contributed by atoms with van der Waals surface area (Å²) in [6.45, 7) is 22.7. The van der Waals surface area contributed by atoms with Crippen molar-refractivity contribution in [3.8, 4) is 22.6 Å². The molecule has 0 N–H and O–H groups in total. The molecule has 0 saturated heterocycles. The largest absolute Gasteiger partial charge is 0.543 e. The summed E-state index contributed by atoms with van der Waals surface area (Å²) < 4.78 is 17.7. The van der Waals surface area contributed by atoms with Gasteiger partial charge in [0, 0.05) is 17.0 Å². The normalized spacial score (nSPS) is 12.6. The standard InChI is InChI=1S/C28H38O4Si/c1-11-13-21(5)31-25-15-14-22(27(29)30-8)18-24(25)26-19(3)16-23(17-20(26)4)32-33(9,10)28(6,7)12-2/h11-12,14-18,21H,1-2,13H2,3-10H3. The molecule has 0 heterocycles. The zero-order valence-electron chi connectivity index (χ0n) is 21.4. The molecule has 1 atom stereocenters. The smallest absolute Gasteiger partial charge is 0.337 e. The van der Waals surface area contributed by atoms with E-state index in [0.717, 1.165) is 40.2 Å². The minimum atomic E-state index is -2.10. The number of aryl methyl sites for hydroxylation is 2. The maximum atomic E-state index is 12.2. The molecule has 0 aromatic heterocycles. The minimum Gasteiger partial charge on any atom is -0.543 e. The number of esters is 1. The van der Waals surface area contributed by atoms with Crippen LogP contribution in [-0.4, -0.2) is 27.5 Å². The molecule has 5 heteroatoms. The molecule has 0 aliphatic heterocycles. The minimum absolute atomic E-state index is 0.0404. The lowest BCUT2D eigenvalue weighted by Crippen LogP contribution is -2.44. The molecule has 0 aliphatic carbocycles. The van der Waals surface area contributed by atoms with Gasteiger partial charge in [0.15, 0.2) is 0 Å². The van der Waals surface area contributed by atoms with E-state index in [4.69, 9.17) is 13.9 Å². The van der Waals surface area contributed by atoms with Crippen molar-refractivity contribution in [3.63, 3.8) is 0 Å². The van der Waals surface area contributed by atoms with Crippen LogP contribution in [0.4, 0.5) is 0 Å². The molecule has 33 heavy (non-hydrogen) atoms. The van der Waals surface area contributed by atoms with Gasteiger partial charge in [-0.05, 0) is 80.9 Å². The first kappa shape index (κ1) is 26.5. The van der Waals surface area contributed by atoms with Crippen LogP contribution in [0.2, 0.25) is 18.1 Å². The van der Waals surface area contributed by atoms with Gasteiger partial charge in [-0.3, -0.25) is 0 Å². The monoisotopic (exact) mass is 466 g/mol. The van der Waals surface area contributed by atoms with Crippen LogP contribution in [0.1, 0.15) is 48.7 Å². The van der Waals surface area contributed by atoms with E-state index in [1.165, 1.54) is 7.11 Å². The molecule has 0 fully saturated rings. The Balaban J connectivity index is 2.59. The molecule has 2 rings (SSSR count). The lowest BCUT2D eigenvalue weighted by atomic mass is 9.93. The van der Waals surface area contributed by atoms with E-state index in [1.54, 1.807) is 6.07 Å². The molecule has 0 spiro atoms. The number of allylic oxidation sites excluding steroid dienone is 1. The predicted molar refractivity (Wildman–Crippen MR) is 140 cm³/mol. The molecule has 4 nitrogen and oxygen atoms in total. The Morgan fingerprint density at radius 1 is 1.12 bits per heavy atom. The van der Waals surface area contributed by atoms with Crippen molar-refractivity contribution in [2.45, 2.75) is 65.3 Å². The third-order valence-electron chi connectivity index (χ3n) is 6.44. The fourth-order valence-corrected chi connectivity index (χ4v) is 5.11. The van der Waals surface area contributed by atoms with E-state index in [0.29, 0.717) is 5.56 Å². The Morgan fingerprint density at radius 3 is 2.24 bits per heavy atom. The van der Waals surface area contributed by atoms with Crippen LogP contribution >= 0.6 is 0 Å². The maximum absolute atomic E-state index is 12.2. The number of benzene rings is 2. The summed E-state index contributed by atoms with van der Waals surface area (Å²) in [6.07, 6.45) is 4.51. The third kappa shape index (κ3) is 5.96. The fraction of sp³-hybridized carbons (Fsp3) is 0.393. The van der Waals surface area contributed by atoms with Crippen LogP contribution in [0.5, 0.6) is 11.5 Å². The van der Waals surface area contributed by atoms with Crippen molar-refractivity contribution in [3.05, 3.63) is 72.3 Å². The van der Waals surface area contributed by atoms with Gasteiger partial charge in [0.25, 0.3) is 8.32 Å². The van der Waals surface area contributed by atoms with Crippen LogP contribution in [0, 0.1) is 13.8 Å². The molecule has 0 saturated carbocycles. The zero-order chi connectivity index (χ0) is 25.0. The number of hydrogen-bond acceptors (Lipinski definition) is 4. The van der Waals surface area contributed by atoms with Gasteiger partial charge in [0.2, 0.25) is 0 Å². The lowest BCUT2D eigenvalue weighted by molar-refractivity contribution is 0.0600. The second-order valence-corrected chi connectivity index (χ2v) is 14.1. The summed E-state index contributed by atoms with van der Waals surface area (Å²) in [4.78, 5) is 12.2. The van der Waals surface area contributed by atoms with Crippen LogP contribution < -0.4 is 9.16 Å². The number of rotatable bonds is 10. The van der Waals surface area contributed by atoms with E-state index in [-0.39, 0.29) is 17.1 Å². The number of carbonyl (C=O) groups excluding carboxylic acids is 1. The molecule has 0 bridgehead atoms. The molecule has 0 radical (unpaired) electrons. The van der Waals surface area contributed by atoms with Crippen LogP contribution in [0.3, 0.4) is 0 Å². The highest BCUT2D eigenvalue weighted by molar-refractivity contribution is 6.75. The van der Waals surface area contributed by atoms with E-state index in [2.05, 4.69) is 66.1 Å². The summed E-state index contributed by atoms with van der Waals surface area (Å²) >= 11 is 0. The first-order valence-electron chi connectivity index (χ1n) is 11.3. The summed E-state index contributed by atoms with van der Waals surface area (Å²) in [5.41, 5.74) is 4.47. The summed E-state index contributed by atoms with van der Waals surface area (Å²) in [6, 6.07) is 9.55. The Bertz CT molecular complexity index is 1010. The molecular weight excluding hydrogens is 428 g/mol. The molecule has 2 aromatic carbocycles. The number of methoxy groups -OCH3 is 1. The quantitative estimate of drug-likeness (QED) is 0.205. The fourth-order valence-electron chi connectivity index (χ4n) is 3.65. The Hall–Kier alpha value is -2.79. The van der Waals surface area contributed by atoms with E-state index < -0.39 is 8.32 Å². The Labute approximate surface area is 200 Å². The first-order chi connectivity index (χ1) is 15.4. The number of hydrogen-bond donors (Lipinski definition) is 0. The van der Waals surface area contributed by atoms with Crippen molar-refractivity contribution < 1.29 is 18.7 Å². The predicted octanol–water partition coefficient (Wildman–Crippen LogP) is 7.65. The molecule has 2 aromatic rings. The molecular formula is C28H38O4Si. The van der Waals surface area contributed by atoms with Crippen molar-refractivity contribution in [2.75, 3.05) is 7.11 Å². The summed E-state index contributed by atoms with van der Waals surface area (Å²) in [5.74, 6) is 1.20. The molecule has 0 aliphatic rings.